The van der Waals surface area contributed by atoms with Crippen molar-refractivity contribution in [2.45, 2.75) is 25.4 Å². The second-order valence-corrected chi connectivity index (χ2v) is 7.79. The van der Waals surface area contributed by atoms with Crippen molar-refractivity contribution in [1.29, 1.82) is 0 Å². The molecule has 0 aromatic heterocycles. The van der Waals surface area contributed by atoms with Crippen LogP contribution in [0.3, 0.4) is 0 Å². The van der Waals surface area contributed by atoms with Crippen LogP contribution in [0.2, 0.25) is 5.02 Å². The molecule has 1 amide bonds. The number of nitrogens with one attached hydrogen (secondary N) is 1. The molecule has 148 valence electrons. The molecule has 2 atom stereocenters. The number of halogens is 1. The maximum absolute atomic E-state index is 12.9. The van der Waals surface area contributed by atoms with Crippen LogP contribution in [0.25, 0.3) is 0 Å². The molecule has 2 aromatic rings. The summed E-state index contributed by atoms with van der Waals surface area (Å²) in [6.45, 7) is 6.02. The number of para-hydroxylation sites is 2. The average molecular weight is 400 g/mol. The summed E-state index contributed by atoms with van der Waals surface area (Å²) < 4.78 is 5.70. The number of hydrogen-bond donors (Lipinski definition) is 1. The Kier molecular flexibility index (Phi) is 5.74. The Morgan fingerprint density at radius 1 is 1.11 bits per heavy atom. The lowest BCUT2D eigenvalue weighted by Gasteiger charge is -2.39. The molecule has 2 aliphatic rings. The summed E-state index contributed by atoms with van der Waals surface area (Å²) in [7, 11) is 0. The highest BCUT2D eigenvalue weighted by atomic mass is 35.5. The Bertz CT molecular complexity index is 836. The Morgan fingerprint density at radius 2 is 1.82 bits per heavy atom. The molecule has 0 bridgehead atoms. The summed E-state index contributed by atoms with van der Waals surface area (Å²) >= 11 is 6.33. The molecule has 1 N–H and O–H groups in total. The maximum Gasteiger partial charge on any atom is 0.237 e. The van der Waals surface area contributed by atoms with Gasteiger partial charge in [0.15, 0.2) is 0 Å². The third kappa shape index (κ3) is 3.96. The fraction of sp³-hybridized carbons (Fsp3) is 0.409. The van der Waals surface area contributed by atoms with Crippen LogP contribution in [0, 0.1) is 0 Å². The van der Waals surface area contributed by atoms with Crippen LogP contribution < -0.4 is 15.0 Å². The Morgan fingerprint density at radius 3 is 2.61 bits per heavy atom. The van der Waals surface area contributed by atoms with Crippen molar-refractivity contribution >= 4 is 23.2 Å². The zero-order valence-electron chi connectivity index (χ0n) is 16.1. The molecule has 2 heterocycles. The molecular weight excluding hydrogens is 374 g/mol. The van der Waals surface area contributed by atoms with Crippen molar-refractivity contribution < 1.29 is 9.53 Å². The first kappa shape index (κ1) is 19.1. The quantitative estimate of drug-likeness (QED) is 0.854. The van der Waals surface area contributed by atoms with Crippen molar-refractivity contribution in [3.05, 3.63) is 59.1 Å². The number of piperazine rings is 1. The molecule has 0 saturated carbocycles. The van der Waals surface area contributed by atoms with Crippen molar-refractivity contribution in [2.24, 2.45) is 0 Å². The summed E-state index contributed by atoms with van der Waals surface area (Å²) in [6, 6.07) is 15.7. The van der Waals surface area contributed by atoms with Crippen molar-refractivity contribution in [2.75, 3.05) is 37.7 Å². The van der Waals surface area contributed by atoms with E-state index in [1.54, 1.807) is 0 Å². The van der Waals surface area contributed by atoms with Crippen molar-refractivity contribution in [1.82, 2.24) is 10.2 Å². The van der Waals surface area contributed by atoms with Gasteiger partial charge in [-0.25, -0.2) is 0 Å². The lowest BCUT2D eigenvalue weighted by atomic mass is 10.00. The second kappa shape index (κ2) is 8.41. The molecule has 1 saturated heterocycles. The first-order chi connectivity index (χ1) is 13.6. The van der Waals surface area contributed by atoms with Gasteiger partial charge in [-0.05, 0) is 25.1 Å². The molecule has 2 aromatic carbocycles. The summed E-state index contributed by atoms with van der Waals surface area (Å²) in [6.07, 6.45) is 0.801. The van der Waals surface area contributed by atoms with Crippen molar-refractivity contribution in [3.63, 3.8) is 0 Å². The lowest BCUT2D eigenvalue weighted by Crippen LogP contribution is -2.54. The summed E-state index contributed by atoms with van der Waals surface area (Å²) in [4.78, 5) is 17.4. The number of rotatable bonds is 4. The Balaban J connectivity index is 1.35. The van der Waals surface area contributed by atoms with E-state index in [1.807, 2.05) is 49.4 Å². The Labute approximate surface area is 171 Å². The first-order valence-electron chi connectivity index (χ1n) is 9.89. The minimum atomic E-state index is -0.164. The van der Waals surface area contributed by atoms with Gasteiger partial charge in [0.05, 0.1) is 29.4 Å². The largest absolute Gasteiger partial charge is 0.493 e. The van der Waals surface area contributed by atoms with Crippen LogP contribution in [-0.4, -0.2) is 49.6 Å². The highest BCUT2D eigenvalue weighted by Crippen LogP contribution is 2.32. The highest BCUT2D eigenvalue weighted by molar-refractivity contribution is 6.33. The van der Waals surface area contributed by atoms with E-state index in [-0.39, 0.29) is 18.0 Å². The smallest absolute Gasteiger partial charge is 0.237 e. The minimum Gasteiger partial charge on any atom is -0.493 e. The second-order valence-electron chi connectivity index (χ2n) is 7.39. The van der Waals surface area contributed by atoms with E-state index in [2.05, 4.69) is 21.2 Å². The number of benzene rings is 2. The topological polar surface area (TPSA) is 44.8 Å². The maximum atomic E-state index is 12.9. The molecule has 0 radical (unpaired) electrons. The average Bonchev–Trinajstić information content (AvgIpc) is 2.74. The van der Waals surface area contributed by atoms with Gasteiger partial charge in [-0.3, -0.25) is 9.69 Å². The first-order valence-corrected chi connectivity index (χ1v) is 10.3. The van der Waals surface area contributed by atoms with E-state index in [1.165, 1.54) is 0 Å². The number of anilines is 1. The van der Waals surface area contributed by atoms with E-state index in [0.717, 1.165) is 54.6 Å². The molecular formula is C22H26ClN3O2. The summed E-state index contributed by atoms with van der Waals surface area (Å²) in [5.74, 6) is 0.952. The molecule has 5 nitrogen and oxygen atoms in total. The normalized spacial score (nSPS) is 20.8. The molecule has 0 unspecified atom stereocenters. The van der Waals surface area contributed by atoms with Gasteiger partial charge in [0.2, 0.25) is 5.91 Å². The molecule has 28 heavy (non-hydrogen) atoms. The van der Waals surface area contributed by atoms with Crippen molar-refractivity contribution in [3.8, 4) is 5.75 Å². The number of carbonyl (C=O) groups is 1. The van der Waals surface area contributed by atoms with Crippen LogP contribution >= 0.6 is 11.6 Å². The predicted octanol–water partition coefficient (Wildman–Crippen LogP) is 3.49. The van der Waals surface area contributed by atoms with Crippen LogP contribution in [0.5, 0.6) is 5.75 Å². The standard InChI is InChI=1S/C22H26ClN3O2/c1-16(22(27)24-19-10-15-28-21-9-5-2-6-17(19)21)25-11-13-26(14-12-25)20-8-4-3-7-18(20)23/h2-9,16,19H,10-15H2,1H3,(H,24,27)/t16-,19-/m1/s1. The molecule has 0 spiro atoms. The van der Waals surface area contributed by atoms with E-state index < -0.39 is 0 Å². The summed E-state index contributed by atoms with van der Waals surface area (Å²) in [5, 5.41) is 4.01. The number of fused-ring (bicyclic) bond motifs is 1. The van der Waals surface area contributed by atoms with Gasteiger partial charge in [-0.15, -0.1) is 0 Å². The third-order valence-electron chi connectivity index (χ3n) is 5.71. The van der Waals surface area contributed by atoms with E-state index in [9.17, 15) is 4.79 Å². The zero-order valence-corrected chi connectivity index (χ0v) is 16.9. The van der Waals surface area contributed by atoms with Gasteiger partial charge in [-0.2, -0.15) is 0 Å². The number of ether oxygens (including phenoxy) is 1. The summed E-state index contributed by atoms with van der Waals surface area (Å²) in [5.41, 5.74) is 2.14. The number of amides is 1. The van der Waals surface area contributed by atoms with Gasteiger partial charge < -0.3 is 15.0 Å². The highest BCUT2D eigenvalue weighted by Gasteiger charge is 2.29. The van der Waals surface area contributed by atoms with Gasteiger partial charge in [0.1, 0.15) is 5.75 Å². The SMILES string of the molecule is C[C@H](C(=O)N[C@@H]1CCOc2ccccc21)N1CCN(c2ccccc2Cl)CC1. The molecule has 4 rings (SSSR count). The molecule has 0 aliphatic carbocycles. The van der Waals surface area contributed by atoms with E-state index in [0.29, 0.717) is 6.61 Å². The van der Waals surface area contributed by atoms with Crippen LogP contribution in [0.4, 0.5) is 5.69 Å². The van der Waals surface area contributed by atoms with Crippen LogP contribution in [0.15, 0.2) is 48.5 Å². The monoisotopic (exact) mass is 399 g/mol. The lowest BCUT2D eigenvalue weighted by molar-refractivity contribution is -0.127. The van der Waals surface area contributed by atoms with Crippen LogP contribution in [-0.2, 0) is 4.79 Å². The number of nitrogens with zero attached hydrogens (tertiary/aromatic N) is 2. The van der Waals surface area contributed by atoms with Gasteiger partial charge in [0, 0.05) is 38.2 Å². The third-order valence-corrected chi connectivity index (χ3v) is 6.03. The predicted molar refractivity (Wildman–Crippen MR) is 112 cm³/mol. The zero-order chi connectivity index (χ0) is 19.5. The van der Waals surface area contributed by atoms with Gasteiger partial charge in [-0.1, -0.05) is 41.9 Å². The van der Waals surface area contributed by atoms with Crippen LogP contribution in [0.1, 0.15) is 24.9 Å². The fourth-order valence-electron chi connectivity index (χ4n) is 4.01. The number of carbonyl (C=O) groups excluding carboxylic acids is 1. The Hall–Kier alpha value is -2.24. The van der Waals surface area contributed by atoms with Gasteiger partial charge in [0.25, 0.3) is 0 Å². The molecule has 1 fully saturated rings. The molecule has 2 aliphatic heterocycles. The fourth-order valence-corrected chi connectivity index (χ4v) is 4.26. The van der Waals surface area contributed by atoms with E-state index >= 15 is 0 Å². The van der Waals surface area contributed by atoms with E-state index in [4.69, 9.17) is 16.3 Å². The van der Waals surface area contributed by atoms with Gasteiger partial charge >= 0.3 is 0 Å². The minimum absolute atomic E-state index is 0.0179. The molecule has 6 heteroatoms. The number of hydrogen-bond acceptors (Lipinski definition) is 4.